The molecule has 0 heterocycles. The van der Waals surface area contributed by atoms with Gasteiger partial charge in [-0.15, -0.1) is 6.42 Å². The Morgan fingerprint density at radius 1 is 1.69 bits per heavy atom. The first-order valence-corrected chi connectivity index (χ1v) is 4.23. The second-order valence-electron chi connectivity index (χ2n) is 3.26. The van der Waals surface area contributed by atoms with Crippen LogP contribution >= 0.6 is 0 Å². The minimum absolute atomic E-state index is 0.466. The van der Waals surface area contributed by atoms with Gasteiger partial charge >= 0.3 is 5.97 Å². The Bertz CT molecular complexity index is 291. The van der Waals surface area contributed by atoms with E-state index < -0.39 is 17.5 Å². The number of hydrogen-bond donors (Lipinski definition) is 0. The predicted molar refractivity (Wildman–Crippen MR) is 46.3 cm³/mol. The lowest BCUT2D eigenvalue weighted by Crippen LogP contribution is -2.39. The minimum atomic E-state index is -0.898. The molecule has 13 heavy (non-hydrogen) atoms. The van der Waals surface area contributed by atoms with Gasteiger partial charge in [0, 0.05) is 0 Å². The van der Waals surface area contributed by atoms with E-state index in [-0.39, 0.29) is 0 Å². The molecule has 0 aliphatic heterocycles. The summed E-state index contributed by atoms with van der Waals surface area (Å²) in [5.41, 5.74) is -0.898. The van der Waals surface area contributed by atoms with Crippen LogP contribution in [0.5, 0.6) is 0 Å². The highest BCUT2D eigenvalue weighted by Gasteiger charge is 2.46. The van der Waals surface area contributed by atoms with Crippen molar-refractivity contribution in [3.63, 3.8) is 0 Å². The number of ether oxygens (including phenoxy) is 1. The van der Waals surface area contributed by atoms with Gasteiger partial charge in [0.05, 0.1) is 6.07 Å². The summed E-state index contributed by atoms with van der Waals surface area (Å²) in [7, 11) is 0. The molecule has 0 saturated heterocycles. The van der Waals surface area contributed by atoms with Gasteiger partial charge in [0.2, 0.25) is 0 Å². The maximum absolute atomic E-state index is 11.4. The molecule has 0 bridgehead atoms. The van der Waals surface area contributed by atoms with Gasteiger partial charge in [-0.1, -0.05) is 5.92 Å². The topological polar surface area (TPSA) is 50.1 Å². The van der Waals surface area contributed by atoms with Crippen molar-refractivity contribution in [3.05, 3.63) is 0 Å². The quantitative estimate of drug-likeness (QED) is 0.471. The summed E-state index contributed by atoms with van der Waals surface area (Å²) in [6.07, 6.45) is 6.61. The molecule has 1 saturated carbocycles. The van der Waals surface area contributed by atoms with Crippen LogP contribution < -0.4 is 0 Å². The van der Waals surface area contributed by atoms with Crippen molar-refractivity contribution in [1.29, 1.82) is 5.26 Å². The summed E-state index contributed by atoms with van der Waals surface area (Å²) in [6, 6.07) is 2.00. The molecular weight excluding hydrogens is 166 g/mol. The van der Waals surface area contributed by atoms with Crippen LogP contribution in [0.4, 0.5) is 0 Å². The van der Waals surface area contributed by atoms with Crippen LogP contribution in [0.2, 0.25) is 0 Å². The molecule has 0 aromatic rings. The molecule has 1 rings (SSSR count). The summed E-state index contributed by atoms with van der Waals surface area (Å²) in [5.74, 6) is 1.82. The normalized spacial score (nSPS) is 20.2. The molecule has 3 nitrogen and oxygen atoms in total. The predicted octanol–water partition coefficient (Wildman–Crippen LogP) is 1.25. The molecule has 1 aliphatic rings. The first kappa shape index (κ1) is 9.61. The van der Waals surface area contributed by atoms with E-state index in [2.05, 4.69) is 5.92 Å². The average molecular weight is 177 g/mol. The van der Waals surface area contributed by atoms with Crippen LogP contribution in [-0.4, -0.2) is 12.1 Å². The highest BCUT2D eigenvalue weighted by Crippen LogP contribution is 2.41. The zero-order chi connectivity index (χ0) is 9.90. The van der Waals surface area contributed by atoms with Crippen molar-refractivity contribution in [2.75, 3.05) is 0 Å². The molecule has 0 radical (unpaired) electrons. The third-order valence-corrected chi connectivity index (χ3v) is 2.33. The third kappa shape index (κ3) is 1.65. The van der Waals surface area contributed by atoms with E-state index in [4.69, 9.17) is 16.4 Å². The van der Waals surface area contributed by atoms with E-state index in [1.165, 1.54) is 0 Å². The van der Waals surface area contributed by atoms with E-state index in [1.807, 2.05) is 6.07 Å². The highest BCUT2D eigenvalue weighted by molar-refractivity contribution is 5.81. The van der Waals surface area contributed by atoms with Gasteiger partial charge in [-0.2, -0.15) is 5.26 Å². The number of esters is 1. The molecule has 0 N–H and O–H groups in total. The molecule has 3 heteroatoms. The zero-order valence-corrected chi connectivity index (χ0v) is 7.54. The monoisotopic (exact) mass is 177 g/mol. The van der Waals surface area contributed by atoms with Gasteiger partial charge < -0.3 is 4.74 Å². The van der Waals surface area contributed by atoms with Gasteiger partial charge in [-0.25, -0.2) is 0 Å². The highest BCUT2D eigenvalue weighted by atomic mass is 16.5. The van der Waals surface area contributed by atoms with Crippen molar-refractivity contribution >= 4 is 5.97 Å². The average Bonchev–Trinajstić information content (AvgIpc) is 2.03. The van der Waals surface area contributed by atoms with Crippen LogP contribution in [0, 0.1) is 29.1 Å². The largest absolute Gasteiger partial charge is 0.448 e. The number of nitriles is 1. The molecule has 68 valence electrons. The molecule has 1 fully saturated rings. The Kier molecular flexibility index (Phi) is 2.58. The number of carbonyl (C=O) groups is 1. The molecule has 0 aromatic heterocycles. The fraction of sp³-hybridized carbons (Fsp3) is 0.600. The summed E-state index contributed by atoms with van der Waals surface area (Å²) < 4.78 is 4.90. The molecule has 1 atom stereocenters. The van der Waals surface area contributed by atoms with Gasteiger partial charge in [0.25, 0.3) is 0 Å². The van der Waals surface area contributed by atoms with E-state index in [9.17, 15) is 4.79 Å². The van der Waals surface area contributed by atoms with Gasteiger partial charge in [-0.05, 0) is 26.2 Å². The molecule has 0 amide bonds. The SMILES string of the molecule is C#CC(C)OC(=O)C1(C#N)CCC1. The third-order valence-electron chi connectivity index (χ3n) is 2.33. The van der Waals surface area contributed by atoms with Crippen LogP contribution in [0.3, 0.4) is 0 Å². The molecular formula is C10H11NO2. The van der Waals surface area contributed by atoms with E-state index in [0.717, 1.165) is 6.42 Å². The first-order chi connectivity index (χ1) is 6.14. The standard InChI is InChI=1S/C10H11NO2/c1-3-8(2)13-9(12)10(7-11)5-4-6-10/h1,8H,4-6H2,2H3. The van der Waals surface area contributed by atoms with E-state index in [1.54, 1.807) is 6.92 Å². The number of carbonyl (C=O) groups excluding carboxylic acids is 1. The van der Waals surface area contributed by atoms with Gasteiger partial charge in [-0.3, -0.25) is 4.79 Å². The number of terminal acetylenes is 1. The van der Waals surface area contributed by atoms with Crippen LogP contribution in [0.15, 0.2) is 0 Å². The maximum atomic E-state index is 11.4. The second-order valence-corrected chi connectivity index (χ2v) is 3.26. The van der Waals surface area contributed by atoms with Gasteiger partial charge in [0.1, 0.15) is 0 Å². The minimum Gasteiger partial charge on any atom is -0.448 e. The Labute approximate surface area is 77.7 Å². The number of nitrogens with zero attached hydrogens (tertiary/aromatic N) is 1. The molecule has 0 aromatic carbocycles. The first-order valence-electron chi connectivity index (χ1n) is 4.23. The Morgan fingerprint density at radius 2 is 2.31 bits per heavy atom. The Morgan fingerprint density at radius 3 is 2.62 bits per heavy atom. The summed E-state index contributed by atoms with van der Waals surface area (Å²) in [4.78, 5) is 11.4. The van der Waals surface area contributed by atoms with Crippen LogP contribution in [0.25, 0.3) is 0 Å². The Hall–Kier alpha value is -1.48. The van der Waals surface area contributed by atoms with Crippen molar-refractivity contribution in [2.24, 2.45) is 5.41 Å². The van der Waals surface area contributed by atoms with Crippen molar-refractivity contribution in [3.8, 4) is 18.4 Å². The fourth-order valence-corrected chi connectivity index (χ4v) is 1.20. The van der Waals surface area contributed by atoms with E-state index >= 15 is 0 Å². The smallest absolute Gasteiger partial charge is 0.327 e. The Balaban J connectivity index is 2.58. The molecule has 0 spiro atoms. The number of rotatable bonds is 2. The van der Waals surface area contributed by atoms with Crippen molar-refractivity contribution < 1.29 is 9.53 Å². The lowest BCUT2D eigenvalue weighted by Gasteiger charge is -2.32. The van der Waals surface area contributed by atoms with Crippen molar-refractivity contribution in [2.45, 2.75) is 32.3 Å². The van der Waals surface area contributed by atoms with Gasteiger partial charge in [0.15, 0.2) is 11.5 Å². The van der Waals surface area contributed by atoms with Crippen molar-refractivity contribution in [1.82, 2.24) is 0 Å². The lowest BCUT2D eigenvalue weighted by molar-refractivity contribution is -0.159. The van der Waals surface area contributed by atoms with E-state index in [0.29, 0.717) is 12.8 Å². The summed E-state index contributed by atoms with van der Waals surface area (Å²) in [6.45, 7) is 1.61. The number of hydrogen-bond acceptors (Lipinski definition) is 3. The summed E-state index contributed by atoms with van der Waals surface area (Å²) >= 11 is 0. The fourth-order valence-electron chi connectivity index (χ4n) is 1.20. The maximum Gasteiger partial charge on any atom is 0.327 e. The zero-order valence-electron chi connectivity index (χ0n) is 7.54. The van der Waals surface area contributed by atoms with Crippen LogP contribution in [0.1, 0.15) is 26.2 Å². The van der Waals surface area contributed by atoms with Crippen LogP contribution in [-0.2, 0) is 9.53 Å². The second kappa shape index (κ2) is 3.49. The lowest BCUT2D eigenvalue weighted by atomic mass is 9.70. The summed E-state index contributed by atoms with van der Waals surface area (Å²) in [5, 5.41) is 8.79. The molecule has 1 aliphatic carbocycles. The molecule has 1 unspecified atom stereocenters.